The molecule has 1 fully saturated rings. The summed E-state index contributed by atoms with van der Waals surface area (Å²) in [7, 11) is 0. The van der Waals surface area contributed by atoms with Gasteiger partial charge in [-0.25, -0.2) is 0 Å². The largest absolute Gasteiger partial charge is 0.312 e. The maximum atomic E-state index is 3.63. The molecule has 1 heteroatoms. The number of hydrogen-bond acceptors (Lipinski definition) is 1. The number of hydrogen-bond donors (Lipinski definition) is 1. The first-order valence-corrected chi connectivity index (χ1v) is 5.35. The van der Waals surface area contributed by atoms with Crippen molar-refractivity contribution in [3.05, 3.63) is 0 Å². The maximum Gasteiger partial charge on any atom is 0.00722 e. The lowest BCUT2D eigenvalue weighted by atomic mass is 9.94. The Hall–Kier alpha value is -0.0400. The second-order valence-corrected chi connectivity index (χ2v) is 4.84. The molecule has 1 aliphatic rings. The third-order valence-corrected chi connectivity index (χ3v) is 2.99. The lowest BCUT2D eigenvalue weighted by Gasteiger charge is -2.17. The molecule has 0 aliphatic heterocycles. The predicted molar refractivity (Wildman–Crippen MR) is 54.2 cm³/mol. The zero-order valence-electron chi connectivity index (χ0n) is 8.93. The van der Waals surface area contributed by atoms with Crippen LogP contribution in [0.5, 0.6) is 0 Å². The van der Waals surface area contributed by atoms with Gasteiger partial charge >= 0.3 is 0 Å². The second-order valence-electron chi connectivity index (χ2n) is 4.84. The van der Waals surface area contributed by atoms with E-state index in [4.69, 9.17) is 0 Å². The van der Waals surface area contributed by atoms with Gasteiger partial charge in [0.25, 0.3) is 0 Å². The van der Waals surface area contributed by atoms with Crippen LogP contribution in [0.3, 0.4) is 0 Å². The molecule has 0 aromatic heterocycles. The fraction of sp³-hybridized carbons (Fsp3) is 1.00. The fourth-order valence-electron chi connectivity index (χ4n) is 2.24. The first-order chi connectivity index (χ1) is 5.59. The Bertz CT molecular complexity index is 129. The molecule has 0 aromatic carbocycles. The monoisotopic (exact) mass is 169 g/mol. The van der Waals surface area contributed by atoms with E-state index in [0.717, 1.165) is 17.9 Å². The van der Waals surface area contributed by atoms with Gasteiger partial charge in [-0.3, -0.25) is 0 Å². The van der Waals surface area contributed by atoms with Crippen LogP contribution in [0, 0.1) is 11.8 Å². The van der Waals surface area contributed by atoms with E-state index >= 15 is 0 Å². The molecular formula is C11H23N. The van der Waals surface area contributed by atoms with Crippen molar-refractivity contribution in [3.63, 3.8) is 0 Å². The van der Waals surface area contributed by atoms with Crippen LogP contribution >= 0.6 is 0 Å². The van der Waals surface area contributed by atoms with Crippen LogP contribution in [0.2, 0.25) is 0 Å². The maximum absolute atomic E-state index is 3.63. The van der Waals surface area contributed by atoms with Crippen molar-refractivity contribution < 1.29 is 0 Å². The van der Waals surface area contributed by atoms with Crippen molar-refractivity contribution in [2.24, 2.45) is 11.8 Å². The summed E-state index contributed by atoms with van der Waals surface area (Å²) < 4.78 is 0. The molecule has 1 aliphatic carbocycles. The average molecular weight is 169 g/mol. The van der Waals surface area contributed by atoms with E-state index in [-0.39, 0.29) is 0 Å². The second kappa shape index (κ2) is 4.27. The lowest BCUT2D eigenvalue weighted by molar-refractivity contribution is 0.375. The summed E-state index contributed by atoms with van der Waals surface area (Å²) in [5.74, 6) is 1.85. The SMILES string of the molecule is CC(C)NC1CC[C@@H](C(C)C)C1. The molecule has 1 rings (SSSR count). The van der Waals surface area contributed by atoms with Gasteiger partial charge < -0.3 is 5.32 Å². The Balaban J connectivity index is 2.26. The van der Waals surface area contributed by atoms with E-state index in [1.165, 1.54) is 19.3 Å². The minimum absolute atomic E-state index is 0.654. The quantitative estimate of drug-likeness (QED) is 0.685. The Morgan fingerprint density at radius 2 is 1.75 bits per heavy atom. The Kier molecular flexibility index (Phi) is 3.57. The minimum atomic E-state index is 0.654. The molecule has 0 bridgehead atoms. The first kappa shape index (κ1) is 10.0. The van der Waals surface area contributed by atoms with Gasteiger partial charge in [-0.15, -0.1) is 0 Å². The molecule has 0 saturated heterocycles. The molecule has 1 nitrogen and oxygen atoms in total. The van der Waals surface area contributed by atoms with Gasteiger partial charge in [-0.05, 0) is 31.1 Å². The highest BCUT2D eigenvalue weighted by atomic mass is 14.9. The summed E-state index contributed by atoms with van der Waals surface area (Å²) in [5.41, 5.74) is 0. The molecule has 1 unspecified atom stereocenters. The van der Waals surface area contributed by atoms with Crippen LogP contribution in [0.1, 0.15) is 47.0 Å². The molecule has 0 radical (unpaired) electrons. The van der Waals surface area contributed by atoms with Crippen molar-refractivity contribution in [2.45, 2.75) is 59.0 Å². The van der Waals surface area contributed by atoms with Gasteiger partial charge in [0.15, 0.2) is 0 Å². The normalized spacial score (nSPS) is 30.5. The van der Waals surface area contributed by atoms with Crippen LogP contribution < -0.4 is 5.32 Å². The van der Waals surface area contributed by atoms with E-state index in [1.807, 2.05) is 0 Å². The summed E-state index contributed by atoms with van der Waals surface area (Å²) >= 11 is 0. The molecule has 0 spiro atoms. The molecule has 72 valence electrons. The van der Waals surface area contributed by atoms with E-state index in [2.05, 4.69) is 33.0 Å². The molecule has 12 heavy (non-hydrogen) atoms. The Morgan fingerprint density at radius 3 is 2.17 bits per heavy atom. The van der Waals surface area contributed by atoms with E-state index in [0.29, 0.717) is 6.04 Å². The van der Waals surface area contributed by atoms with Crippen molar-refractivity contribution in [1.82, 2.24) is 5.32 Å². The van der Waals surface area contributed by atoms with Gasteiger partial charge in [0.2, 0.25) is 0 Å². The highest BCUT2D eigenvalue weighted by molar-refractivity contribution is 4.82. The summed E-state index contributed by atoms with van der Waals surface area (Å²) in [6, 6.07) is 1.46. The van der Waals surface area contributed by atoms with Crippen LogP contribution in [0.15, 0.2) is 0 Å². The zero-order valence-corrected chi connectivity index (χ0v) is 8.93. The topological polar surface area (TPSA) is 12.0 Å². The highest BCUT2D eigenvalue weighted by Crippen LogP contribution is 2.31. The lowest BCUT2D eigenvalue weighted by Crippen LogP contribution is -2.32. The molecule has 0 amide bonds. The van der Waals surface area contributed by atoms with Gasteiger partial charge in [0.1, 0.15) is 0 Å². The molecular weight excluding hydrogens is 146 g/mol. The smallest absolute Gasteiger partial charge is 0.00722 e. The number of rotatable bonds is 3. The fourth-order valence-corrected chi connectivity index (χ4v) is 2.24. The van der Waals surface area contributed by atoms with Gasteiger partial charge in [-0.1, -0.05) is 27.7 Å². The molecule has 2 atom stereocenters. The summed E-state index contributed by atoms with van der Waals surface area (Å²) in [5, 5.41) is 3.63. The van der Waals surface area contributed by atoms with Crippen LogP contribution in [0.4, 0.5) is 0 Å². The summed E-state index contributed by atoms with van der Waals surface area (Å²) in [6.07, 6.45) is 4.22. The molecule has 0 aromatic rings. The molecule has 0 heterocycles. The Morgan fingerprint density at radius 1 is 1.08 bits per heavy atom. The predicted octanol–water partition coefficient (Wildman–Crippen LogP) is 2.81. The minimum Gasteiger partial charge on any atom is -0.312 e. The van der Waals surface area contributed by atoms with Crippen molar-refractivity contribution in [2.75, 3.05) is 0 Å². The third-order valence-electron chi connectivity index (χ3n) is 2.99. The zero-order chi connectivity index (χ0) is 9.14. The van der Waals surface area contributed by atoms with Crippen molar-refractivity contribution >= 4 is 0 Å². The van der Waals surface area contributed by atoms with Crippen LogP contribution in [-0.2, 0) is 0 Å². The van der Waals surface area contributed by atoms with E-state index in [1.54, 1.807) is 0 Å². The van der Waals surface area contributed by atoms with Crippen LogP contribution in [-0.4, -0.2) is 12.1 Å². The number of nitrogens with one attached hydrogen (secondary N) is 1. The van der Waals surface area contributed by atoms with Gasteiger partial charge in [0.05, 0.1) is 0 Å². The summed E-state index contributed by atoms with van der Waals surface area (Å²) in [6.45, 7) is 9.18. The molecule has 1 saturated carbocycles. The van der Waals surface area contributed by atoms with Gasteiger partial charge in [-0.2, -0.15) is 0 Å². The van der Waals surface area contributed by atoms with Crippen molar-refractivity contribution in [1.29, 1.82) is 0 Å². The van der Waals surface area contributed by atoms with E-state index in [9.17, 15) is 0 Å². The standard InChI is InChI=1S/C11H23N/c1-8(2)10-5-6-11(7-10)12-9(3)4/h8-12H,5-7H2,1-4H3/t10-,11?/m1/s1. The van der Waals surface area contributed by atoms with Gasteiger partial charge in [0, 0.05) is 12.1 Å². The van der Waals surface area contributed by atoms with E-state index < -0.39 is 0 Å². The third kappa shape index (κ3) is 2.78. The summed E-state index contributed by atoms with van der Waals surface area (Å²) in [4.78, 5) is 0. The van der Waals surface area contributed by atoms with Crippen molar-refractivity contribution in [3.8, 4) is 0 Å². The first-order valence-electron chi connectivity index (χ1n) is 5.35. The van der Waals surface area contributed by atoms with Crippen LogP contribution in [0.25, 0.3) is 0 Å². The average Bonchev–Trinajstić information content (AvgIpc) is 2.34. The Labute approximate surface area is 76.9 Å². The highest BCUT2D eigenvalue weighted by Gasteiger charge is 2.26. The molecule has 1 N–H and O–H groups in total.